The van der Waals surface area contributed by atoms with Crippen molar-refractivity contribution in [2.24, 2.45) is 0 Å². The Hall–Kier alpha value is -1.53. The van der Waals surface area contributed by atoms with Gasteiger partial charge in [-0.15, -0.1) is 0 Å². The van der Waals surface area contributed by atoms with E-state index in [-0.39, 0.29) is 6.04 Å². The molecular weight excluding hydrogens is 200 g/mol. The molecule has 0 fully saturated rings. The zero-order chi connectivity index (χ0) is 12.0. The SMILES string of the molecule is CNC(CCC#N)c1ccc(OC)c(C)c1. The Morgan fingerprint density at radius 1 is 1.50 bits per heavy atom. The first-order chi connectivity index (χ1) is 7.72. The second-order valence-corrected chi connectivity index (χ2v) is 3.77. The van der Waals surface area contributed by atoms with Crippen molar-refractivity contribution in [2.75, 3.05) is 14.2 Å². The third-order valence-electron chi connectivity index (χ3n) is 2.71. The van der Waals surface area contributed by atoms with Crippen LogP contribution < -0.4 is 10.1 Å². The molecule has 0 heterocycles. The van der Waals surface area contributed by atoms with Gasteiger partial charge < -0.3 is 10.1 Å². The number of benzene rings is 1. The summed E-state index contributed by atoms with van der Waals surface area (Å²) in [6.07, 6.45) is 1.40. The van der Waals surface area contributed by atoms with Crippen molar-refractivity contribution in [1.29, 1.82) is 5.26 Å². The van der Waals surface area contributed by atoms with Gasteiger partial charge in [-0.2, -0.15) is 5.26 Å². The average molecular weight is 218 g/mol. The number of aryl methyl sites for hydroxylation is 1. The summed E-state index contributed by atoms with van der Waals surface area (Å²) in [5.41, 5.74) is 2.33. The smallest absolute Gasteiger partial charge is 0.121 e. The van der Waals surface area contributed by atoms with Crippen molar-refractivity contribution in [3.8, 4) is 11.8 Å². The summed E-state index contributed by atoms with van der Waals surface area (Å²) < 4.78 is 5.22. The summed E-state index contributed by atoms with van der Waals surface area (Å²) in [7, 11) is 3.59. The molecule has 0 radical (unpaired) electrons. The summed E-state index contributed by atoms with van der Waals surface area (Å²) >= 11 is 0. The highest BCUT2D eigenvalue weighted by atomic mass is 16.5. The van der Waals surface area contributed by atoms with E-state index in [1.807, 2.05) is 26.1 Å². The van der Waals surface area contributed by atoms with Crippen LogP contribution in [0.4, 0.5) is 0 Å². The molecule has 3 heteroatoms. The van der Waals surface area contributed by atoms with Gasteiger partial charge >= 0.3 is 0 Å². The molecule has 0 aliphatic carbocycles. The third kappa shape index (κ3) is 2.98. The van der Waals surface area contributed by atoms with Gasteiger partial charge in [0.05, 0.1) is 13.2 Å². The molecule has 1 atom stereocenters. The molecule has 0 spiro atoms. The Bertz CT molecular complexity index is 382. The van der Waals surface area contributed by atoms with E-state index in [2.05, 4.69) is 17.5 Å². The normalized spacial score (nSPS) is 11.9. The summed E-state index contributed by atoms with van der Waals surface area (Å²) in [5.74, 6) is 0.902. The zero-order valence-corrected chi connectivity index (χ0v) is 10.1. The van der Waals surface area contributed by atoms with Gasteiger partial charge in [0.2, 0.25) is 0 Å². The van der Waals surface area contributed by atoms with Gasteiger partial charge in [0.25, 0.3) is 0 Å². The molecule has 1 aromatic rings. The van der Waals surface area contributed by atoms with Gasteiger partial charge in [-0.25, -0.2) is 0 Å². The highest BCUT2D eigenvalue weighted by Gasteiger charge is 2.10. The first-order valence-corrected chi connectivity index (χ1v) is 5.41. The molecule has 0 aliphatic rings. The molecule has 1 aromatic carbocycles. The first kappa shape index (κ1) is 12.5. The maximum absolute atomic E-state index is 8.60. The van der Waals surface area contributed by atoms with Crippen LogP contribution >= 0.6 is 0 Å². The number of rotatable bonds is 5. The van der Waals surface area contributed by atoms with E-state index in [4.69, 9.17) is 10.00 Å². The second-order valence-electron chi connectivity index (χ2n) is 3.77. The lowest BCUT2D eigenvalue weighted by molar-refractivity contribution is 0.411. The fourth-order valence-corrected chi connectivity index (χ4v) is 1.80. The quantitative estimate of drug-likeness (QED) is 0.826. The molecule has 0 aromatic heterocycles. The lowest BCUT2D eigenvalue weighted by Crippen LogP contribution is -2.16. The Kier molecular flexibility index (Phi) is 4.81. The van der Waals surface area contributed by atoms with E-state index in [9.17, 15) is 0 Å². The molecule has 1 unspecified atom stereocenters. The van der Waals surface area contributed by atoms with Crippen molar-refractivity contribution < 1.29 is 4.74 Å². The van der Waals surface area contributed by atoms with Crippen molar-refractivity contribution >= 4 is 0 Å². The molecule has 0 bridgehead atoms. The van der Waals surface area contributed by atoms with E-state index < -0.39 is 0 Å². The molecule has 0 amide bonds. The number of ether oxygens (including phenoxy) is 1. The standard InChI is InChI=1S/C13H18N2O/c1-10-9-11(6-7-13(10)16-3)12(15-2)5-4-8-14/h6-7,9,12,15H,4-5H2,1-3H3. The van der Waals surface area contributed by atoms with Gasteiger partial charge in [0.15, 0.2) is 0 Å². The number of hydrogen-bond acceptors (Lipinski definition) is 3. The van der Waals surface area contributed by atoms with Crippen LogP contribution in [-0.2, 0) is 0 Å². The van der Waals surface area contributed by atoms with Crippen LogP contribution in [0.1, 0.15) is 30.0 Å². The van der Waals surface area contributed by atoms with E-state index in [0.717, 1.165) is 17.7 Å². The van der Waals surface area contributed by atoms with Crippen LogP contribution in [0.25, 0.3) is 0 Å². The number of nitriles is 1. The second kappa shape index (κ2) is 6.14. The number of methoxy groups -OCH3 is 1. The largest absolute Gasteiger partial charge is 0.496 e. The van der Waals surface area contributed by atoms with Crippen LogP contribution in [0, 0.1) is 18.3 Å². The first-order valence-electron chi connectivity index (χ1n) is 5.41. The van der Waals surface area contributed by atoms with Crippen LogP contribution in [-0.4, -0.2) is 14.2 Å². The number of nitrogens with one attached hydrogen (secondary N) is 1. The number of hydrogen-bond donors (Lipinski definition) is 1. The number of nitrogens with zero attached hydrogens (tertiary/aromatic N) is 1. The van der Waals surface area contributed by atoms with Gasteiger partial charge in [0.1, 0.15) is 5.75 Å². The van der Waals surface area contributed by atoms with Crippen LogP contribution in [0.15, 0.2) is 18.2 Å². The van der Waals surface area contributed by atoms with Crippen molar-refractivity contribution in [3.05, 3.63) is 29.3 Å². The lowest BCUT2D eigenvalue weighted by atomic mass is 10.0. The topological polar surface area (TPSA) is 45.0 Å². The molecule has 1 rings (SSSR count). The van der Waals surface area contributed by atoms with Crippen molar-refractivity contribution in [1.82, 2.24) is 5.32 Å². The Labute approximate surface area is 97.0 Å². The minimum Gasteiger partial charge on any atom is -0.496 e. The zero-order valence-electron chi connectivity index (χ0n) is 10.1. The van der Waals surface area contributed by atoms with Crippen molar-refractivity contribution in [3.63, 3.8) is 0 Å². The maximum Gasteiger partial charge on any atom is 0.121 e. The predicted molar refractivity (Wildman–Crippen MR) is 64.4 cm³/mol. The van der Waals surface area contributed by atoms with E-state index >= 15 is 0 Å². The lowest BCUT2D eigenvalue weighted by Gasteiger charge is -2.16. The summed E-state index contributed by atoms with van der Waals surface area (Å²) in [4.78, 5) is 0. The molecule has 86 valence electrons. The summed E-state index contributed by atoms with van der Waals surface area (Å²) in [6, 6.07) is 8.54. The van der Waals surface area contributed by atoms with Gasteiger partial charge in [-0.1, -0.05) is 12.1 Å². The van der Waals surface area contributed by atoms with Crippen molar-refractivity contribution in [2.45, 2.75) is 25.8 Å². The monoisotopic (exact) mass is 218 g/mol. The minimum absolute atomic E-state index is 0.240. The van der Waals surface area contributed by atoms with E-state index in [1.54, 1.807) is 7.11 Å². The van der Waals surface area contributed by atoms with Gasteiger partial charge in [-0.05, 0) is 37.6 Å². The summed E-state index contributed by atoms with van der Waals surface area (Å²) in [5, 5.41) is 11.8. The predicted octanol–water partition coefficient (Wildman–Crippen LogP) is 2.57. The summed E-state index contributed by atoms with van der Waals surface area (Å²) in [6.45, 7) is 2.03. The fraction of sp³-hybridized carbons (Fsp3) is 0.462. The Balaban J connectivity index is 2.85. The molecule has 0 aliphatic heterocycles. The van der Waals surface area contributed by atoms with Crippen LogP contribution in [0.2, 0.25) is 0 Å². The molecule has 1 N–H and O–H groups in total. The Morgan fingerprint density at radius 2 is 2.25 bits per heavy atom. The molecule has 0 saturated carbocycles. The van der Waals surface area contributed by atoms with E-state index in [0.29, 0.717) is 6.42 Å². The highest BCUT2D eigenvalue weighted by Crippen LogP contribution is 2.24. The molecule has 0 saturated heterocycles. The molecule has 3 nitrogen and oxygen atoms in total. The Morgan fingerprint density at radius 3 is 2.75 bits per heavy atom. The van der Waals surface area contributed by atoms with Crippen LogP contribution in [0.5, 0.6) is 5.75 Å². The highest BCUT2D eigenvalue weighted by molar-refractivity contribution is 5.37. The third-order valence-corrected chi connectivity index (χ3v) is 2.71. The fourth-order valence-electron chi connectivity index (χ4n) is 1.80. The van der Waals surface area contributed by atoms with E-state index in [1.165, 1.54) is 5.56 Å². The minimum atomic E-state index is 0.240. The molecular formula is C13H18N2O. The maximum atomic E-state index is 8.60. The molecule has 16 heavy (non-hydrogen) atoms. The van der Waals surface area contributed by atoms with Gasteiger partial charge in [0, 0.05) is 12.5 Å². The van der Waals surface area contributed by atoms with Crippen LogP contribution in [0.3, 0.4) is 0 Å². The average Bonchev–Trinajstić information content (AvgIpc) is 2.30. The van der Waals surface area contributed by atoms with Gasteiger partial charge in [-0.3, -0.25) is 0 Å².